The zero-order chi connectivity index (χ0) is 14.4. The van der Waals surface area contributed by atoms with Gasteiger partial charge in [0.25, 0.3) is 0 Å². The summed E-state index contributed by atoms with van der Waals surface area (Å²) in [6.07, 6.45) is 3.92. The topological polar surface area (TPSA) is 52.6 Å². The van der Waals surface area contributed by atoms with Crippen molar-refractivity contribution in [2.75, 3.05) is 19.6 Å². The summed E-state index contributed by atoms with van der Waals surface area (Å²) in [5.74, 6) is 0.523. The van der Waals surface area contributed by atoms with Crippen LogP contribution in [0.3, 0.4) is 0 Å². The molecule has 1 aromatic rings. The van der Waals surface area contributed by atoms with E-state index in [4.69, 9.17) is 0 Å². The quantitative estimate of drug-likeness (QED) is 0.834. The number of phenolic OH excluding ortho intramolecular Hbond substituents is 1. The Morgan fingerprint density at radius 1 is 1.35 bits per heavy atom. The number of aromatic hydroxyl groups is 1. The summed E-state index contributed by atoms with van der Waals surface area (Å²) in [4.78, 5) is 14.3. The summed E-state index contributed by atoms with van der Waals surface area (Å²) in [5.41, 5.74) is 1.15. The highest BCUT2D eigenvalue weighted by atomic mass is 16.3. The molecule has 1 amide bonds. The van der Waals surface area contributed by atoms with E-state index in [2.05, 4.69) is 12.2 Å². The van der Waals surface area contributed by atoms with E-state index >= 15 is 0 Å². The van der Waals surface area contributed by atoms with Crippen LogP contribution in [0.25, 0.3) is 0 Å². The fraction of sp³-hybridized carbons (Fsp3) is 0.562. The molecule has 1 heterocycles. The minimum Gasteiger partial charge on any atom is -0.508 e. The van der Waals surface area contributed by atoms with Gasteiger partial charge in [0.2, 0.25) is 5.91 Å². The van der Waals surface area contributed by atoms with Crippen LogP contribution in [-0.4, -0.2) is 41.6 Å². The van der Waals surface area contributed by atoms with E-state index in [1.54, 1.807) is 12.1 Å². The molecule has 20 heavy (non-hydrogen) atoms. The number of likely N-dealkylation sites (tertiary alicyclic amines) is 1. The van der Waals surface area contributed by atoms with Crippen molar-refractivity contribution in [1.82, 2.24) is 10.2 Å². The zero-order valence-corrected chi connectivity index (χ0v) is 12.1. The first kappa shape index (κ1) is 14.9. The van der Waals surface area contributed by atoms with Crippen LogP contribution in [0.4, 0.5) is 0 Å². The van der Waals surface area contributed by atoms with Gasteiger partial charge >= 0.3 is 0 Å². The SMILES string of the molecule is CCCNC1CCCN(CCc2ccc(O)cc2)C1=O. The van der Waals surface area contributed by atoms with Gasteiger partial charge in [0.05, 0.1) is 6.04 Å². The molecular formula is C16H24N2O2. The highest BCUT2D eigenvalue weighted by Gasteiger charge is 2.27. The van der Waals surface area contributed by atoms with Crippen molar-refractivity contribution in [1.29, 1.82) is 0 Å². The summed E-state index contributed by atoms with van der Waals surface area (Å²) in [6.45, 7) is 4.64. The number of carbonyl (C=O) groups is 1. The Hall–Kier alpha value is -1.55. The molecule has 0 saturated carbocycles. The number of phenols is 1. The molecule has 4 heteroatoms. The third-order valence-corrected chi connectivity index (χ3v) is 3.78. The Labute approximate surface area is 120 Å². The molecule has 1 aliphatic rings. The zero-order valence-electron chi connectivity index (χ0n) is 12.1. The third kappa shape index (κ3) is 3.97. The lowest BCUT2D eigenvalue weighted by Gasteiger charge is -2.32. The molecule has 0 radical (unpaired) electrons. The normalized spacial score (nSPS) is 19.4. The van der Waals surface area contributed by atoms with Gasteiger partial charge in [0.1, 0.15) is 5.75 Å². The third-order valence-electron chi connectivity index (χ3n) is 3.78. The molecule has 1 aromatic carbocycles. The molecule has 0 bridgehead atoms. The average molecular weight is 276 g/mol. The van der Waals surface area contributed by atoms with Gasteiger partial charge in [-0.1, -0.05) is 19.1 Å². The second kappa shape index (κ2) is 7.29. The minimum atomic E-state index is 0.00326. The first-order chi connectivity index (χ1) is 9.70. The Morgan fingerprint density at radius 2 is 2.10 bits per heavy atom. The summed E-state index contributed by atoms with van der Waals surface area (Å²) in [5, 5.41) is 12.6. The van der Waals surface area contributed by atoms with Crippen LogP contribution in [0, 0.1) is 0 Å². The predicted octanol–water partition coefficient (Wildman–Crippen LogP) is 1.93. The van der Waals surface area contributed by atoms with E-state index in [1.165, 1.54) is 0 Å². The van der Waals surface area contributed by atoms with Crippen molar-refractivity contribution in [3.8, 4) is 5.75 Å². The van der Waals surface area contributed by atoms with Gasteiger partial charge in [0.15, 0.2) is 0 Å². The van der Waals surface area contributed by atoms with Gasteiger partial charge < -0.3 is 15.3 Å². The van der Waals surface area contributed by atoms with Gasteiger partial charge in [0, 0.05) is 13.1 Å². The van der Waals surface area contributed by atoms with Crippen molar-refractivity contribution in [3.63, 3.8) is 0 Å². The van der Waals surface area contributed by atoms with Crippen LogP contribution in [0.2, 0.25) is 0 Å². The lowest BCUT2D eigenvalue weighted by atomic mass is 10.0. The maximum atomic E-state index is 12.3. The van der Waals surface area contributed by atoms with Crippen LogP contribution >= 0.6 is 0 Å². The Morgan fingerprint density at radius 3 is 2.80 bits per heavy atom. The number of nitrogens with zero attached hydrogens (tertiary/aromatic N) is 1. The molecule has 1 atom stereocenters. The molecule has 0 aliphatic carbocycles. The lowest BCUT2D eigenvalue weighted by molar-refractivity contribution is -0.135. The maximum Gasteiger partial charge on any atom is 0.239 e. The molecule has 0 aromatic heterocycles. The largest absolute Gasteiger partial charge is 0.508 e. The van der Waals surface area contributed by atoms with Gasteiger partial charge in [-0.15, -0.1) is 0 Å². The van der Waals surface area contributed by atoms with Gasteiger partial charge in [-0.3, -0.25) is 4.79 Å². The summed E-state index contributed by atoms with van der Waals surface area (Å²) in [7, 11) is 0. The van der Waals surface area contributed by atoms with Crippen LogP contribution in [0.5, 0.6) is 5.75 Å². The number of nitrogens with one attached hydrogen (secondary N) is 1. The standard InChI is InChI=1S/C16H24N2O2/c1-2-10-17-15-4-3-11-18(16(15)20)12-9-13-5-7-14(19)8-6-13/h5-8,15,17,19H,2-4,9-12H2,1H3. The molecule has 1 unspecified atom stereocenters. The van der Waals surface area contributed by atoms with Crippen molar-refractivity contribution in [3.05, 3.63) is 29.8 Å². The van der Waals surface area contributed by atoms with E-state index in [9.17, 15) is 9.90 Å². The molecule has 4 nitrogen and oxygen atoms in total. The van der Waals surface area contributed by atoms with Crippen molar-refractivity contribution in [2.24, 2.45) is 0 Å². The van der Waals surface area contributed by atoms with Gasteiger partial charge in [-0.25, -0.2) is 0 Å². The number of amides is 1. The van der Waals surface area contributed by atoms with E-state index < -0.39 is 0 Å². The fourth-order valence-corrected chi connectivity index (χ4v) is 2.60. The molecule has 2 N–H and O–H groups in total. The summed E-state index contributed by atoms with van der Waals surface area (Å²) >= 11 is 0. The fourth-order valence-electron chi connectivity index (χ4n) is 2.60. The van der Waals surface area contributed by atoms with Crippen LogP contribution < -0.4 is 5.32 Å². The Bertz CT molecular complexity index is 431. The second-order valence-electron chi connectivity index (χ2n) is 5.39. The molecule has 2 rings (SSSR count). The van der Waals surface area contributed by atoms with E-state index in [1.807, 2.05) is 17.0 Å². The van der Waals surface area contributed by atoms with Crippen molar-refractivity contribution < 1.29 is 9.90 Å². The number of rotatable bonds is 6. The Balaban J connectivity index is 1.85. The number of benzene rings is 1. The van der Waals surface area contributed by atoms with Crippen molar-refractivity contribution >= 4 is 5.91 Å². The summed E-state index contributed by atoms with van der Waals surface area (Å²) in [6, 6.07) is 7.22. The first-order valence-electron chi connectivity index (χ1n) is 7.50. The highest BCUT2D eigenvalue weighted by molar-refractivity contribution is 5.82. The average Bonchev–Trinajstić information content (AvgIpc) is 2.47. The smallest absolute Gasteiger partial charge is 0.239 e. The van der Waals surface area contributed by atoms with Gasteiger partial charge in [-0.05, 0) is 49.9 Å². The van der Waals surface area contributed by atoms with Crippen LogP contribution in [0.15, 0.2) is 24.3 Å². The van der Waals surface area contributed by atoms with Crippen LogP contribution in [-0.2, 0) is 11.2 Å². The van der Waals surface area contributed by atoms with Crippen LogP contribution in [0.1, 0.15) is 31.7 Å². The number of hydrogen-bond donors (Lipinski definition) is 2. The number of hydrogen-bond acceptors (Lipinski definition) is 3. The lowest BCUT2D eigenvalue weighted by Crippen LogP contribution is -2.51. The van der Waals surface area contributed by atoms with E-state index in [0.717, 1.165) is 50.9 Å². The van der Waals surface area contributed by atoms with Gasteiger partial charge in [-0.2, -0.15) is 0 Å². The molecule has 0 spiro atoms. The van der Waals surface area contributed by atoms with E-state index in [-0.39, 0.29) is 17.7 Å². The molecule has 1 fully saturated rings. The first-order valence-corrected chi connectivity index (χ1v) is 7.50. The summed E-state index contributed by atoms with van der Waals surface area (Å²) < 4.78 is 0. The highest BCUT2D eigenvalue weighted by Crippen LogP contribution is 2.14. The maximum absolute atomic E-state index is 12.3. The Kier molecular flexibility index (Phi) is 5.41. The number of carbonyl (C=O) groups excluding carboxylic acids is 1. The van der Waals surface area contributed by atoms with Crippen molar-refractivity contribution in [2.45, 2.75) is 38.6 Å². The van der Waals surface area contributed by atoms with E-state index in [0.29, 0.717) is 0 Å². The second-order valence-corrected chi connectivity index (χ2v) is 5.39. The minimum absolute atomic E-state index is 0.00326. The predicted molar refractivity (Wildman–Crippen MR) is 79.7 cm³/mol. The number of piperidine rings is 1. The monoisotopic (exact) mass is 276 g/mol. The molecular weight excluding hydrogens is 252 g/mol. The molecule has 110 valence electrons. The molecule has 1 aliphatic heterocycles. The molecule has 1 saturated heterocycles.